The number of pyridine rings is 1. The summed E-state index contributed by atoms with van der Waals surface area (Å²) in [4.78, 5) is 35.8. The van der Waals surface area contributed by atoms with Crippen molar-refractivity contribution < 1.29 is 14.3 Å². The molecule has 0 aliphatic carbocycles. The summed E-state index contributed by atoms with van der Waals surface area (Å²) >= 11 is 0. The molecule has 0 saturated heterocycles. The number of amides is 1. The van der Waals surface area contributed by atoms with Crippen molar-refractivity contribution in [2.24, 2.45) is 0 Å². The van der Waals surface area contributed by atoms with Crippen molar-refractivity contribution in [1.82, 2.24) is 4.98 Å². The first kappa shape index (κ1) is 12.0. The number of ether oxygens (including phenoxy) is 1. The van der Waals surface area contributed by atoms with Gasteiger partial charge < -0.3 is 15.0 Å². The van der Waals surface area contributed by atoms with E-state index in [1.807, 2.05) is 0 Å². The normalized spacial score (nSPS) is 9.56. The molecule has 0 aromatic carbocycles. The van der Waals surface area contributed by atoms with Crippen LogP contribution in [0.3, 0.4) is 0 Å². The number of aromatic amines is 1. The van der Waals surface area contributed by atoms with E-state index in [0.29, 0.717) is 0 Å². The zero-order chi connectivity index (χ0) is 12.0. The Labute approximate surface area is 91.6 Å². The lowest BCUT2D eigenvalue weighted by atomic mass is 10.4. The van der Waals surface area contributed by atoms with Crippen LogP contribution in [0.1, 0.15) is 13.3 Å². The highest BCUT2D eigenvalue weighted by atomic mass is 16.5. The predicted octanol–water partition coefficient (Wildman–Crippen LogP) is 0.267. The van der Waals surface area contributed by atoms with Crippen LogP contribution in [0, 0.1) is 0 Å². The highest BCUT2D eigenvalue weighted by Crippen LogP contribution is 1.98. The quantitative estimate of drug-likeness (QED) is 0.567. The maximum atomic E-state index is 11.3. The van der Waals surface area contributed by atoms with Crippen molar-refractivity contribution in [3.8, 4) is 0 Å². The highest BCUT2D eigenvalue weighted by molar-refractivity contribution is 6.01. The summed E-state index contributed by atoms with van der Waals surface area (Å²) < 4.78 is 4.60. The van der Waals surface area contributed by atoms with Gasteiger partial charge >= 0.3 is 5.97 Å². The molecule has 2 N–H and O–H groups in total. The van der Waals surface area contributed by atoms with Crippen LogP contribution in [0.5, 0.6) is 0 Å². The van der Waals surface area contributed by atoms with E-state index in [1.165, 1.54) is 18.3 Å². The molecule has 1 heterocycles. The molecule has 0 radical (unpaired) electrons. The summed E-state index contributed by atoms with van der Waals surface area (Å²) in [7, 11) is 0. The van der Waals surface area contributed by atoms with Crippen LogP contribution >= 0.6 is 0 Å². The fourth-order valence-electron chi connectivity index (χ4n) is 1.06. The van der Waals surface area contributed by atoms with E-state index in [2.05, 4.69) is 15.0 Å². The van der Waals surface area contributed by atoms with Gasteiger partial charge in [-0.25, -0.2) is 0 Å². The SMILES string of the molecule is CCOC(=O)CC(=O)Nc1cc(=O)cc[nH]1. The average Bonchev–Trinajstić information content (AvgIpc) is 2.17. The Kier molecular flexibility index (Phi) is 4.26. The maximum absolute atomic E-state index is 11.3. The molecule has 1 rings (SSSR count). The Morgan fingerprint density at radius 3 is 2.88 bits per heavy atom. The van der Waals surface area contributed by atoms with Crippen LogP contribution in [0.15, 0.2) is 23.1 Å². The van der Waals surface area contributed by atoms with E-state index in [4.69, 9.17) is 0 Å². The van der Waals surface area contributed by atoms with Crippen LogP contribution < -0.4 is 10.7 Å². The fourth-order valence-corrected chi connectivity index (χ4v) is 1.06. The minimum absolute atomic E-state index is 0.230. The molecule has 16 heavy (non-hydrogen) atoms. The number of esters is 1. The lowest BCUT2D eigenvalue weighted by Gasteiger charge is -2.04. The van der Waals surface area contributed by atoms with Crippen LogP contribution in [-0.2, 0) is 14.3 Å². The molecule has 1 aromatic rings. The molecule has 0 aliphatic rings. The zero-order valence-electron chi connectivity index (χ0n) is 8.78. The largest absolute Gasteiger partial charge is 0.466 e. The monoisotopic (exact) mass is 224 g/mol. The van der Waals surface area contributed by atoms with Crippen molar-refractivity contribution in [2.45, 2.75) is 13.3 Å². The Bertz CT molecular complexity index is 438. The smallest absolute Gasteiger partial charge is 0.315 e. The molecule has 0 aliphatic heterocycles. The summed E-state index contributed by atoms with van der Waals surface area (Å²) in [5.41, 5.74) is -0.231. The maximum Gasteiger partial charge on any atom is 0.315 e. The molecular weight excluding hydrogens is 212 g/mol. The minimum Gasteiger partial charge on any atom is -0.466 e. The van der Waals surface area contributed by atoms with Gasteiger partial charge in [-0.1, -0.05) is 0 Å². The lowest BCUT2D eigenvalue weighted by Crippen LogP contribution is -2.19. The van der Waals surface area contributed by atoms with Gasteiger partial charge in [-0.3, -0.25) is 14.4 Å². The summed E-state index contributed by atoms with van der Waals surface area (Å²) in [5.74, 6) is -0.875. The van der Waals surface area contributed by atoms with Gasteiger partial charge in [-0.15, -0.1) is 0 Å². The first-order valence-corrected chi connectivity index (χ1v) is 4.76. The highest BCUT2D eigenvalue weighted by Gasteiger charge is 2.10. The molecule has 1 amide bonds. The second-order valence-electron chi connectivity index (χ2n) is 2.97. The van der Waals surface area contributed by atoms with E-state index in [9.17, 15) is 14.4 Å². The number of hydrogen-bond acceptors (Lipinski definition) is 4. The summed E-state index contributed by atoms with van der Waals surface area (Å²) in [6.07, 6.45) is 1.03. The first-order chi connectivity index (χ1) is 7.61. The van der Waals surface area contributed by atoms with Crippen LogP contribution in [-0.4, -0.2) is 23.5 Å². The second-order valence-corrected chi connectivity index (χ2v) is 2.97. The third kappa shape index (κ3) is 3.95. The third-order valence-electron chi connectivity index (χ3n) is 1.66. The van der Waals surface area contributed by atoms with Crippen molar-refractivity contribution >= 4 is 17.7 Å². The summed E-state index contributed by atoms with van der Waals surface area (Å²) in [5, 5.41) is 2.38. The number of rotatable bonds is 4. The van der Waals surface area contributed by atoms with Gasteiger partial charge in [0.05, 0.1) is 6.61 Å². The summed E-state index contributed by atoms with van der Waals surface area (Å²) in [6.45, 7) is 1.89. The average molecular weight is 224 g/mol. The molecule has 6 heteroatoms. The topological polar surface area (TPSA) is 88.3 Å². The molecule has 0 saturated carbocycles. The molecule has 0 atom stereocenters. The number of nitrogens with one attached hydrogen (secondary N) is 2. The Morgan fingerprint density at radius 1 is 1.50 bits per heavy atom. The van der Waals surface area contributed by atoms with Gasteiger partial charge in [0, 0.05) is 18.3 Å². The number of anilines is 1. The van der Waals surface area contributed by atoms with Gasteiger partial charge in [0.2, 0.25) is 5.91 Å². The summed E-state index contributed by atoms with van der Waals surface area (Å²) in [6, 6.07) is 2.55. The van der Waals surface area contributed by atoms with E-state index in [1.54, 1.807) is 6.92 Å². The Hall–Kier alpha value is -2.11. The van der Waals surface area contributed by atoms with Crippen molar-refractivity contribution in [3.63, 3.8) is 0 Å². The third-order valence-corrected chi connectivity index (χ3v) is 1.66. The predicted molar refractivity (Wildman–Crippen MR) is 56.9 cm³/mol. The van der Waals surface area contributed by atoms with Crippen molar-refractivity contribution in [1.29, 1.82) is 0 Å². The molecule has 6 nitrogen and oxygen atoms in total. The number of H-pyrrole nitrogens is 1. The zero-order valence-corrected chi connectivity index (χ0v) is 8.78. The van der Waals surface area contributed by atoms with E-state index in [-0.39, 0.29) is 24.3 Å². The number of hydrogen-bond donors (Lipinski definition) is 2. The van der Waals surface area contributed by atoms with Crippen LogP contribution in [0.4, 0.5) is 5.82 Å². The first-order valence-electron chi connectivity index (χ1n) is 4.76. The lowest BCUT2D eigenvalue weighted by molar-refractivity contribution is -0.145. The number of aromatic nitrogens is 1. The Balaban J connectivity index is 2.52. The number of carbonyl (C=O) groups is 2. The van der Waals surface area contributed by atoms with Gasteiger partial charge in [-0.05, 0) is 6.92 Å². The Morgan fingerprint density at radius 2 is 2.25 bits per heavy atom. The van der Waals surface area contributed by atoms with E-state index >= 15 is 0 Å². The fraction of sp³-hybridized carbons (Fsp3) is 0.300. The van der Waals surface area contributed by atoms with Crippen molar-refractivity contribution in [2.75, 3.05) is 11.9 Å². The van der Waals surface area contributed by atoms with Crippen molar-refractivity contribution in [3.05, 3.63) is 28.6 Å². The molecule has 1 aromatic heterocycles. The number of carbonyl (C=O) groups excluding carboxylic acids is 2. The van der Waals surface area contributed by atoms with E-state index < -0.39 is 11.9 Å². The molecule has 0 unspecified atom stereocenters. The standard InChI is InChI=1S/C10H12N2O4/c1-2-16-10(15)6-9(14)12-8-5-7(13)3-4-11-8/h3-5H,2,6H2,1H3,(H2,11,12,13,14). The van der Waals surface area contributed by atoms with Gasteiger partial charge in [0.1, 0.15) is 12.2 Å². The molecule has 0 spiro atoms. The molecule has 86 valence electrons. The van der Waals surface area contributed by atoms with E-state index in [0.717, 1.165) is 0 Å². The molecule has 0 fully saturated rings. The molecule has 0 bridgehead atoms. The van der Waals surface area contributed by atoms with Crippen LogP contribution in [0.2, 0.25) is 0 Å². The minimum atomic E-state index is -0.599. The second kappa shape index (κ2) is 5.69. The van der Waals surface area contributed by atoms with Gasteiger partial charge in [-0.2, -0.15) is 0 Å². The van der Waals surface area contributed by atoms with Gasteiger partial charge in [0.15, 0.2) is 5.43 Å². The molecular formula is C10H12N2O4. The van der Waals surface area contributed by atoms with Gasteiger partial charge in [0.25, 0.3) is 0 Å². The van der Waals surface area contributed by atoms with Crippen LogP contribution in [0.25, 0.3) is 0 Å².